The molecule has 2 aromatic rings. The van der Waals surface area contributed by atoms with E-state index in [9.17, 15) is 14.4 Å². The van der Waals surface area contributed by atoms with Gasteiger partial charge in [0.2, 0.25) is 11.8 Å². The van der Waals surface area contributed by atoms with Crippen LogP contribution in [0.2, 0.25) is 0 Å². The van der Waals surface area contributed by atoms with Crippen molar-refractivity contribution in [3.05, 3.63) is 34.7 Å². The number of aromatic nitrogens is 2. The van der Waals surface area contributed by atoms with Gasteiger partial charge >= 0.3 is 5.69 Å². The lowest BCUT2D eigenvalue weighted by molar-refractivity contribution is -0.135. The molecule has 28 heavy (non-hydrogen) atoms. The molecule has 0 bridgehead atoms. The smallest absolute Gasteiger partial charge is 0.328 e. The minimum absolute atomic E-state index is 0.00668. The van der Waals surface area contributed by atoms with Crippen molar-refractivity contribution in [2.24, 2.45) is 12.8 Å². The number of amides is 2. The Morgan fingerprint density at radius 3 is 2.68 bits per heavy atom. The van der Waals surface area contributed by atoms with Crippen molar-refractivity contribution >= 4 is 22.8 Å². The number of imidazole rings is 1. The van der Waals surface area contributed by atoms with Crippen LogP contribution in [-0.4, -0.2) is 51.5 Å². The van der Waals surface area contributed by atoms with Gasteiger partial charge in [0, 0.05) is 52.1 Å². The van der Waals surface area contributed by atoms with E-state index in [1.54, 1.807) is 16.2 Å². The van der Waals surface area contributed by atoms with Crippen LogP contribution in [0.1, 0.15) is 32.1 Å². The van der Waals surface area contributed by atoms with Crippen LogP contribution in [0.5, 0.6) is 0 Å². The molecule has 152 valence electrons. The molecule has 1 aliphatic heterocycles. The number of nitrogens with two attached hydrogens (primary N) is 1. The monoisotopic (exact) mass is 387 g/mol. The van der Waals surface area contributed by atoms with Gasteiger partial charge in [-0.2, -0.15) is 0 Å². The maximum absolute atomic E-state index is 12.9. The summed E-state index contributed by atoms with van der Waals surface area (Å²) in [5, 5.41) is 2.88. The summed E-state index contributed by atoms with van der Waals surface area (Å²) in [6.07, 6.45) is 3.45. The number of likely N-dealkylation sites (tertiary alicyclic amines) is 1. The minimum Gasteiger partial charge on any atom is -0.354 e. The molecule has 8 heteroatoms. The number of benzene rings is 1. The van der Waals surface area contributed by atoms with Gasteiger partial charge in [0.25, 0.3) is 0 Å². The van der Waals surface area contributed by atoms with Gasteiger partial charge in [-0.3, -0.25) is 18.7 Å². The van der Waals surface area contributed by atoms with Crippen LogP contribution in [0.25, 0.3) is 11.0 Å². The summed E-state index contributed by atoms with van der Waals surface area (Å²) in [7, 11) is 1.74. The third-order valence-electron chi connectivity index (χ3n) is 5.45. The van der Waals surface area contributed by atoms with Crippen molar-refractivity contribution in [3.63, 3.8) is 0 Å². The van der Waals surface area contributed by atoms with E-state index in [0.717, 1.165) is 30.3 Å². The maximum Gasteiger partial charge on any atom is 0.328 e. The molecule has 3 rings (SSSR count). The van der Waals surface area contributed by atoms with Gasteiger partial charge in [-0.15, -0.1) is 0 Å². The number of nitrogens with zero attached hydrogens (tertiary/aromatic N) is 3. The summed E-state index contributed by atoms with van der Waals surface area (Å²) in [4.78, 5) is 39.0. The Labute approximate surface area is 164 Å². The van der Waals surface area contributed by atoms with Crippen molar-refractivity contribution in [2.45, 2.75) is 44.7 Å². The first-order chi connectivity index (χ1) is 13.5. The number of aryl methyl sites for hydroxylation is 2. The van der Waals surface area contributed by atoms with Crippen molar-refractivity contribution in [1.82, 2.24) is 19.4 Å². The minimum atomic E-state index is -0.113. The first-order valence-electron chi connectivity index (χ1n) is 9.93. The fraction of sp³-hybridized carbons (Fsp3) is 0.550. The third kappa shape index (κ3) is 4.27. The normalized spacial score (nSPS) is 17.1. The average molecular weight is 387 g/mol. The van der Waals surface area contributed by atoms with E-state index >= 15 is 0 Å². The van der Waals surface area contributed by atoms with E-state index in [0.29, 0.717) is 32.6 Å². The van der Waals surface area contributed by atoms with Gasteiger partial charge in [0.1, 0.15) is 0 Å². The fourth-order valence-electron chi connectivity index (χ4n) is 3.92. The molecule has 0 radical (unpaired) electrons. The molecule has 3 N–H and O–H groups in total. The summed E-state index contributed by atoms with van der Waals surface area (Å²) in [6, 6.07) is 7.60. The number of carbonyl (C=O) groups is 2. The molecule has 2 heterocycles. The summed E-state index contributed by atoms with van der Waals surface area (Å²) in [5.41, 5.74) is 6.99. The fourth-order valence-corrected chi connectivity index (χ4v) is 3.92. The van der Waals surface area contributed by atoms with E-state index in [1.807, 2.05) is 29.2 Å². The quantitative estimate of drug-likeness (QED) is 0.725. The summed E-state index contributed by atoms with van der Waals surface area (Å²) < 4.78 is 3.27. The zero-order chi connectivity index (χ0) is 20.1. The lowest BCUT2D eigenvalue weighted by Crippen LogP contribution is -2.49. The number of rotatable bonds is 7. The summed E-state index contributed by atoms with van der Waals surface area (Å²) in [5.74, 6) is -0.0552. The van der Waals surface area contributed by atoms with Gasteiger partial charge in [-0.05, 0) is 31.4 Å². The zero-order valence-electron chi connectivity index (χ0n) is 16.4. The molecule has 8 nitrogen and oxygen atoms in total. The molecule has 1 fully saturated rings. The first-order valence-corrected chi connectivity index (χ1v) is 9.93. The van der Waals surface area contributed by atoms with Crippen LogP contribution >= 0.6 is 0 Å². The summed E-state index contributed by atoms with van der Waals surface area (Å²) >= 11 is 0. The molecule has 0 spiro atoms. The predicted molar refractivity (Wildman–Crippen MR) is 108 cm³/mol. The van der Waals surface area contributed by atoms with E-state index in [-0.39, 0.29) is 30.0 Å². The number of carbonyl (C=O) groups excluding carboxylic acids is 2. The lowest BCUT2D eigenvalue weighted by atomic mass is 10.0. The topological polar surface area (TPSA) is 102 Å². The molecule has 2 amide bonds. The van der Waals surface area contributed by atoms with Gasteiger partial charge in [0.15, 0.2) is 0 Å². The Morgan fingerprint density at radius 1 is 1.18 bits per heavy atom. The Bertz CT molecular complexity index is 901. The highest BCUT2D eigenvalue weighted by Gasteiger charge is 2.27. The van der Waals surface area contributed by atoms with Crippen LogP contribution < -0.4 is 16.7 Å². The Balaban J connectivity index is 1.65. The second-order valence-electron chi connectivity index (χ2n) is 7.31. The van der Waals surface area contributed by atoms with Crippen molar-refractivity contribution in [3.8, 4) is 0 Å². The Hall–Kier alpha value is -2.61. The van der Waals surface area contributed by atoms with E-state index < -0.39 is 0 Å². The number of hydrogen-bond donors (Lipinski definition) is 2. The van der Waals surface area contributed by atoms with Crippen LogP contribution in [-0.2, 0) is 23.2 Å². The lowest BCUT2D eigenvalue weighted by Gasteiger charge is -2.36. The number of piperidine rings is 1. The third-order valence-corrected chi connectivity index (χ3v) is 5.45. The molecule has 1 aromatic heterocycles. The van der Waals surface area contributed by atoms with Crippen molar-refractivity contribution < 1.29 is 9.59 Å². The number of nitrogens with one attached hydrogen (secondary N) is 1. The highest BCUT2D eigenvalue weighted by molar-refractivity contribution is 5.79. The van der Waals surface area contributed by atoms with E-state index in [1.165, 1.54) is 0 Å². The molecule has 1 aliphatic rings. The van der Waals surface area contributed by atoms with Gasteiger partial charge < -0.3 is 16.0 Å². The Morgan fingerprint density at radius 2 is 1.93 bits per heavy atom. The SMILES string of the molecule is Cn1c(=O)n(CCC(=O)N2CCCCC2CNC(=O)CCN)c2ccccc21. The highest BCUT2D eigenvalue weighted by Crippen LogP contribution is 2.18. The number of fused-ring (bicyclic) bond motifs is 1. The van der Waals surface area contributed by atoms with Gasteiger partial charge in [0.05, 0.1) is 11.0 Å². The molecule has 1 atom stereocenters. The largest absolute Gasteiger partial charge is 0.354 e. The molecule has 0 aliphatic carbocycles. The van der Waals surface area contributed by atoms with E-state index in [4.69, 9.17) is 5.73 Å². The van der Waals surface area contributed by atoms with Gasteiger partial charge in [-0.1, -0.05) is 12.1 Å². The second kappa shape index (κ2) is 9.05. The number of hydrogen-bond acceptors (Lipinski definition) is 4. The first kappa shape index (κ1) is 20.1. The molecular formula is C20H29N5O3. The number of para-hydroxylation sites is 2. The maximum atomic E-state index is 12.9. The van der Waals surface area contributed by atoms with Crippen molar-refractivity contribution in [1.29, 1.82) is 0 Å². The van der Waals surface area contributed by atoms with Crippen LogP contribution in [0, 0.1) is 0 Å². The van der Waals surface area contributed by atoms with E-state index in [2.05, 4.69) is 5.32 Å². The molecule has 1 unspecified atom stereocenters. The molecular weight excluding hydrogens is 358 g/mol. The standard InChI is InChI=1S/C20H29N5O3/c1-23-16-7-2-3-8-17(16)25(20(23)28)13-10-19(27)24-12-5-4-6-15(24)14-22-18(26)9-11-21/h2-3,7-8,15H,4-6,9-14,21H2,1H3,(H,22,26). The van der Waals surface area contributed by atoms with Crippen LogP contribution in [0.4, 0.5) is 0 Å². The van der Waals surface area contributed by atoms with Gasteiger partial charge in [-0.25, -0.2) is 4.79 Å². The van der Waals surface area contributed by atoms with Crippen molar-refractivity contribution in [2.75, 3.05) is 19.6 Å². The molecule has 1 saturated heterocycles. The average Bonchev–Trinajstić information content (AvgIpc) is 2.95. The van der Waals surface area contributed by atoms with Crippen LogP contribution in [0.15, 0.2) is 29.1 Å². The Kier molecular flexibility index (Phi) is 6.51. The molecule has 0 saturated carbocycles. The predicted octanol–water partition coefficient (Wildman–Crippen LogP) is 0.576. The summed E-state index contributed by atoms with van der Waals surface area (Å²) in [6.45, 7) is 1.82. The second-order valence-corrected chi connectivity index (χ2v) is 7.31. The zero-order valence-corrected chi connectivity index (χ0v) is 16.4. The van der Waals surface area contributed by atoms with Crippen LogP contribution in [0.3, 0.4) is 0 Å². The molecule has 1 aromatic carbocycles. The highest BCUT2D eigenvalue weighted by atomic mass is 16.2.